The molecule has 5 nitrogen and oxygen atoms in total. The Morgan fingerprint density at radius 2 is 2.18 bits per heavy atom. The molecule has 1 saturated heterocycles. The van der Waals surface area contributed by atoms with Gasteiger partial charge in [0.25, 0.3) is 0 Å². The van der Waals surface area contributed by atoms with E-state index in [9.17, 15) is 4.79 Å². The summed E-state index contributed by atoms with van der Waals surface area (Å²) in [6, 6.07) is 2.07. The number of esters is 1. The first kappa shape index (κ1) is 13.9. The molecule has 0 aliphatic carbocycles. The van der Waals surface area contributed by atoms with Crippen LogP contribution in [0.2, 0.25) is 0 Å². The van der Waals surface area contributed by atoms with E-state index in [0.717, 1.165) is 32.8 Å². The van der Waals surface area contributed by atoms with Gasteiger partial charge in [0.2, 0.25) is 0 Å². The second kappa shape index (κ2) is 6.58. The summed E-state index contributed by atoms with van der Waals surface area (Å²) in [5.41, 5.74) is -1.03. The first-order valence-corrected chi connectivity index (χ1v) is 6.01. The molecule has 0 spiro atoms. The quantitative estimate of drug-likeness (QED) is 0.665. The van der Waals surface area contributed by atoms with Crippen molar-refractivity contribution in [3.8, 4) is 6.07 Å². The van der Waals surface area contributed by atoms with Crippen LogP contribution < -0.4 is 0 Å². The SMILES string of the molecule is CCOC(=O)C(C)(C#N)CCN1CCOCC1. The summed E-state index contributed by atoms with van der Waals surface area (Å²) in [5, 5.41) is 9.12. The molecule has 96 valence electrons. The van der Waals surface area contributed by atoms with E-state index in [1.165, 1.54) is 0 Å². The van der Waals surface area contributed by atoms with Crippen LogP contribution >= 0.6 is 0 Å². The van der Waals surface area contributed by atoms with E-state index >= 15 is 0 Å². The highest BCUT2D eigenvalue weighted by Crippen LogP contribution is 2.23. The molecule has 0 radical (unpaired) electrons. The van der Waals surface area contributed by atoms with Crippen molar-refractivity contribution in [2.45, 2.75) is 20.3 Å². The lowest BCUT2D eigenvalue weighted by Gasteiger charge is -2.29. The second-order valence-corrected chi connectivity index (χ2v) is 4.37. The van der Waals surface area contributed by atoms with Gasteiger partial charge in [0, 0.05) is 19.6 Å². The van der Waals surface area contributed by atoms with Crippen LogP contribution in [0.15, 0.2) is 0 Å². The number of hydrogen-bond acceptors (Lipinski definition) is 5. The van der Waals surface area contributed by atoms with Gasteiger partial charge >= 0.3 is 5.97 Å². The Labute approximate surface area is 102 Å². The normalized spacial score (nSPS) is 20.3. The Balaban J connectivity index is 2.45. The molecular weight excluding hydrogens is 220 g/mol. The number of rotatable bonds is 5. The minimum atomic E-state index is -1.03. The van der Waals surface area contributed by atoms with Crippen LogP contribution in [0.5, 0.6) is 0 Å². The molecule has 0 aromatic carbocycles. The van der Waals surface area contributed by atoms with E-state index in [0.29, 0.717) is 13.0 Å². The van der Waals surface area contributed by atoms with Crippen molar-refractivity contribution in [2.24, 2.45) is 5.41 Å². The maximum atomic E-state index is 11.7. The minimum absolute atomic E-state index is 0.313. The summed E-state index contributed by atoms with van der Waals surface area (Å²) >= 11 is 0. The molecule has 0 N–H and O–H groups in total. The number of nitrogens with zero attached hydrogens (tertiary/aromatic N) is 2. The van der Waals surface area contributed by atoms with Gasteiger partial charge in [-0.15, -0.1) is 0 Å². The zero-order chi connectivity index (χ0) is 12.7. The molecule has 1 fully saturated rings. The van der Waals surface area contributed by atoms with Gasteiger partial charge in [-0.1, -0.05) is 0 Å². The topological polar surface area (TPSA) is 62.6 Å². The van der Waals surface area contributed by atoms with E-state index in [-0.39, 0.29) is 0 Å². The van der Waals surface area contributed by atoms with E-state index in [2.05, 4.69) is 11.0 Å². The number of hydrogen-bond donors (Lipinski definition) is 0. The molecule has 0 aromatic rings. The van der Waals surface area contributed by atoms with Crippen LogP contribution in [0.4, 0.5) is 0 Å². The van der Waals surface area contributed by atoms with Crippen LogP contribution in [0.1, 0.15) is 20.3 Å². The van der Waals surface area contributed by atoms with Gasteiger partial charge < -0.3 is 9.47 Å². The number of ether oxygens (including phenoxy) is 2. The van der Waals surface area contributed by atoms with Crippen molar-refractivity contribution in [1.29, 1.82) is 5.26 Å². The van der Waals surface area contributed by atoms with Crippen molar-refractivity contribution in [3.05, 3.63) is 0 Å². The summed E-state index contributed by atoms with van der Waals surface area (Å²) < 4.78 is 10.2. The van der Waals surface area contributed by atoms with Gasteiger partial charge in [-0.2, -0.15) is 5.26 Å². The fourth-order valence-electron chi connectivity index (χ4n) is 1.70. The van der Waals surface area contributed by atoms with Crippen LogP contribution in [-0.2, 0) is 14.3 Å². The molecule has 1 rings (SSSR count). The molecule has 1 aliphatic rings. The summed E-state index contributed by atoms with van der Waals surface area (Å²) in [4.78, 5) is 13.9. The van der Waals surface area contributed by atoms with Gasteiger partial charge in [-0.25, -0.2) is 0 Å². The molecule has 1 atom stereocenters. The zero-order valence-electron chi connectivity index (χ0n) is 10.6. The molecule has 0 aromatic heterocycles. The highest BCUT2D eigenvalue weighted by molar-refractivity contribution is 5.79. The first-order chi connectivity index (χ1) is 8.12. The highest BCUT2D eigenvalue weighted by atomic mass is 16.5. The van der Waals surface area contributed by atoms with Gasteiger partial charge in [-0.05, 0) is 20.3 Å². The Hall–Kier alpha value is -1.12. The molecule has 1 unspecified atom stereocenters. The summed E-state index contributed by atoms with van der Waals surface area (Å²) in [7, 11) is 0. The predicted molar refractivity (Wildman–Crippen MR) is 62.2 cm³/mol. The molecule has 0 saturated carbocycles. The number of carbonyl (C=O) groups excluding carboxylic acids is 1. The number of morpholine rings is 1. The van der Waals surface area contributed by atoms with Crippen molar-refractivity contribution in [1.82, 2.24) is 4.90 Å². The lowest BCUT2D eigenvalue weighted by molar-refractivity contribution is -0.151. The van der Waals surface area contributed by atoms with Gasteiger partial charge in [-0.3, -0.25) is 9.69 Å². The zero-order valence-corrected chi connectivity index (χ0v) is 10.6. The van der Waals surface area contributed by atoms with Crippen LogP contribution in [0.3, 0.4) is 0 Å². The van der Waals surface area contributed by atoms with Crippen LogP contribution in [0.25, 0.3) is 0 Å². The molecule has 5 heteroatoms. The average molecular weight is 240 g/mol. The fraction of sp³-hybridized carbons (Fsp3) is 0.833. The summed E-state index contributed by atoms with van der Waals surface area (Å²) in [6.07, 6.45) is 0.502. The van der Waals surface area contributed by atoms with E-state index in [4.69, 9.17) is 14.7 Å². The third-order valence-electron chi connectivity index (χ3n) is 3.00. The van der Waals surface area contributed by atoms with Crippen molar-refractivity contribution in [2.75, 3.05) is 39.5 Å². The molecule has 1 heterocycles. The smallest absolute Gasteiger partial charge is 0.326 e. The predicted octanol–water partition coefficient (Wildman–Crippen LogP) is 0.802. The Bertz CT molecular complexity index is 295. The molecular formula is C12H20N2O3. The maximum Gasteiger partial charge on any atom is 0.326 e. The van der Waals surface area contributed by atoms with Crippen LogP contribution in [0, 0.1) is 16.7 Å². The molecule has 0 amide bonds. The highest BCUT2D eigenvalue weighted by Gasteiger charge is 2.35. The summed E-state index contributed by atoms with van der Waals surface area (Å²) in [5.74, 6) is -0.421. The summed E-state index contributed by atoms with van der Waals surface area (Å²) in [6.45, 7) is 7.61. The number of carbonyl (C=O) groups is 1. The Morgan fingerprint density at radius 1 is 1.53 bits per heavy atom. The standard InChI is InChI=1S/C12H20N2O3/c1-3-17-11(15)12(2,10-13)4-5-14-6-8-16-9-7-14/h3-9H2,1-2H3. The van der Waals surface area contributed by atoms with E-state index in [1.807, 2.05) is 0 Å². The molecule has 0 bridgehead atoms. The average Bonchev–Trinajstić information content (AvgIpc) is 2.37. The minimum Gasteiger partial charge on any atom is -0.465 e. The van der Waals surface area contributed by atoms with Gasteiger partial charge in [0.05, 0.1) is 25.9 Å². The lowest BCUT2D eigenvalue weighted by Crippen LogP contribution is -2.40. The molecule has 17 heavy (non-hydrogen) atoms. The van der Waals surface area contributed by atoms with Crippen molar-refractivity contribution < 1.29 is 14.3 Å². The Morgan fingerprint density at radius 3 is 2.71 bits per heavy atom. The van der Waals surface area contributed by atoms with Crippen molar-refractivity contribution in [3.63, 3.8) is 0 Å². The monoisotopic (exact) mass is 240 g/mol. The third-order valence-corrected chi connectivity index (χ3v) is 3.00. The third kappa shape index (κ3) is 3.99. The van der Waals surface area contributed by atoms with E-state index < -0.39 is 11.4 Å². The van der Waals surface area contributed by atoms with Gasteiger partial charge in [0.15, 0.2) is 5.41 Å². The second-order valence-electron chi connectivity index (χ2n) is 4.37. The van der Waals surface area contributed by atoms with Gasteiger partial charge in [0.1, 0.15) is 0 Å². The first-order valence-electron chi connectivity index (χ1n) is 6.01. The van der Waals surface area contributed by atoms with E-state index in [1.54, 1.807) is 13.8 Å². The lowest BCUT2D eigenvalue weighted by atomic mass is 9.88. The van der Waals surface area contributed by atoms with Crippen LogP contribution in [-0.4, -0.2) is 50.3 Å². The Kier molecular flexibility index (Phi) is 5.39. The largest absolute Gasteiger partial charge is 0.465 e. The fourth-order valence-corrected chi connectivity index (χ4v) is 1.70. The maximum absolute atomic E-state index is 11.7. The number of nitriles is 1. The van der Waals surface area contributed by atoms with Crippen molar-refractivity contribution >= 4 is 5.97 Å². The molecule has 1 aliphatic heterocycles.